The van der Waals surface area contributed by atoms with Crippen molar-refractivity contribution in [1.29, 1.82) is 0 Å². The molecular formula is C25H19NO5S. The van der Waals surface area contributed by atoms with E-state index in [0.29, 0.717) is 17.9 Å². The highest BCUT2D eigenvalue weighted by atomic mass is 32.2. The maximum absolute atomic E-state index is 12.7. The number of nitrogens with zero attached hydrogens (tertiary/aromatic N) is 1. The van der Waals surface area contributed by atoms with Gasteiger partial charge in [-0.3, -0.25) is 0 Å². The summed E-state index contributed by atoms with van der Waals surface area (Å²) >= 11 is 0. The van der Waals surface area contributed by atoms with Gasteiger partial charge in [-0.1, -0.05) is 48.5 Å². The standard InChI is InChI=1S/C25H19NO5S/c27-32(28,15-17-5-2-1-3-6-17)31-23-8-4-7-18-11-22-20-13-25-24(29-16-30-25)12-19(20)9-10-26(22)14-21(18)23/h1-9,11-14H,10,15-16H2. The van der Waals surface area contributed by atoms with Gasteiger partial charge in [-0.25, -0.2) is 0 Å². The molecule has 0 bridgehead atoms. The fraction of sp³-hybridized carbons (Fsp3) is 0.120. The van der Waals surface area contributed by atoms with E-state index in [9.17, 15) is 8.42 Å². The third-order valence-electron chi connectivity index (χ3n) is 5.72. The quantitative estimate of drug-likeness (QED) is 0.553. The van der Waals surface area contributed by atoms with E-state index in [4.69, 9.17) is 13.7 Å². The number of fused-ring (bicyclic) bond motifs is 4. The van der Waals surface area contributed by atoms with Crippen LogP contribution in [0.5, 0.6) is 17.2 Å². The average molecular weight is 445 g/mol. The predicted molar refractivity (Wildman–Crippen MR) is 121 cm³/mol. The molecule has 0 fully saturated rings. The number of benzene rings is 3. The molecule has 0 aromatic heterocycles. The van der Waals surface area contributed by atoms with Crippen LogP contribution < -0.4 is 34.5 Å². The van der Waals surface area contributed by atoms with Crippen LogP contribution in [0.1, 0.15) is 5.56 Å². The maximum atomic E-state index is 12.7. The van der Waals surface area contributed by atoms with E-state index in [0.717, 1.165) is 38.1 Å². The van der Waals surface area contributed by atoms with Crippen molar-refractivity contribution in [2.45, 2.75) is 5.75 Å². The molecule has 32 heavy (non-hydrogen) atoms. The van der Waals surface area contributed by atoms with Crippen LogP contribution in [0.3, 0.4) is 0 Å². The largest absolute Gasteiger partial charge is 0.454 e. The fourth-order valence-electron chi connectivity index (χ4n) is 4.23. The second-order valence-electron chi connectivity index (χ2n) is 7.84. The van der Waals surface area contributed by atoms with Crippen LogP contribution in [0.2, 0.25) is 0 Å². The minimum Gasteiger partial charge on any atom is -0.454 e. The van der Waals surface area contributed by atoms with Gasteiger partial charge in [0.15, 0.2) is 17.2 Å². The van der Waals surface area contributed by atoms with Crippen molar-refractivity contribution in [1.82, 2.24) is 4.90 Å². The van der Waals surface area contributed by atoms with Crippen LogP contribution in [0.4, 0.5) is 0 Å². The smallest absolute Gasteiger partial charge is 0.313 e. The SMILES string of the molecule is O=S(=O)(Cc1ccccc1)Oc1cccc2c1=CN1CC=c3cc4c(cc3=C1C=2)OCO4. The van der Waals surface area contributed by atoms with Gasteiger partial charge >= 0.3 is 10.1 Å². The molecule has 0 amide bonds. The summed E-state index contributed by atoms with van der Waals surface area (Å²) < 4.78 is 42.0. The molecule has 3 aromatic carbocycles. The van der Waals surface area contributed by atoms with E-state index < -0.39 is 10.1 Å². The van der Waals surface area contributed by atoms with Crippen molar-refractivity contribution < 1.29 is 22.1 Å². The summed E-state index contributed by atoms with van der Waals surface area (Å²) in [6, 6.07) is 18.5. The Morgan fingerprint density at radius 1 is 0.938 bits per heavy atom. The van der Waals surface area contributed by atoms with Crippen LogP contribution in [0, 0.1) is 0 Å². The van der Waals surface area contributed by atoms with Crippen molar-refractivity contribution in [3.05, 3.63) is 87.1 Å². The Balaban J connectivity index is 1.44. The first-order chi connectivity index (χ1) is 15.6. The number of hydrogen-bond donors (Lipinski definition) is 0. The van der Waals surface area contributed by atoms with E-state index in [-0.39, 0.29) is 12.5 Å². The second-order valence-corrected chi connectivity index (χ2v) is 9.41. The van der Waals surface area contributed by atoms with E-state index in [2.05, 4.69) is 17.1 Å². The summed E-state index contributed by atoms with van der Waals surface area (Å²) in [7, 11) is -3.80. The number of hydrogen-bond acceptors (Lipinski definition) is 6. The van der Waals surface area contributed by atoms with Crippen LogP contribution in [0.15, 0.2) is 60.7 Å². The van der Waals surface area contributed by atoms with Crippen molar-refractivity contribution in [3.8, 4) is 17.2 Å². The third-order valence-corrected chi connectivity index (χ3v) is 6.84. The van der Waals surface area contributed by atoms with Gasteiger partial charge < -0.3 is 18.6 Å². The highest BCUT2D eigenvalue weighted by Gasteiger charge is 2.21. The lowest BCUT2D eigenvalue weighted by atomic mass is 10.0. The normalized spacial score (nSPS) is 15.5. The molecule has 0 unspecified atom stereocenters. The number of ether oxygens (including phenoxy) is 2. The molecule has 0 saturated carbocycles. The Labute approximate surface area is 184 Å². The molecule has 3 aliphatic heterocycles. The van der Waals surface area contributed by atoms with Gasteiger partial charge in [-0.15, -0.1) is 0 Å². The zero-order valence-electron chi connectivity index (χ0n) is 17.0. The Kier molecular flexibility index (Phi) is 4.26. The third kappa shape index (κ3) is 3.31. The molecule has 6 rings (SSSR count). The minimum atomic E-state index is -3.80. The summed E-state index contributed by atoms with van der Waals surface area (Å²) in [6.07, 6.45) is 6.12. The molecule has 160 valence electrons. The van der Waals surface area contributed by atoms with E-state index >= 15 is 0 Å². The molecule has 0 saturated heterocycles. The summed E-state index contributed by atoms with van der Waals surface area (Å²) in [4.78, 5) is 2.09. The van der Waals surface area contributed by atoms with Crippen LogP contribution in [0.25, 0.3) is 24.0 Å². The monoisotopic (exact) mass is 445 g/mol. The van der Waals surface area contributed by atoms with E-state index in [1.807, 2.05) is 48.7 Å². The molecular weight excluding hydrogens is 426 g/mol. The van der Waals surface area contributed by atoms with Gasteiger partial charge in [-0.05, 0) is 40.3 Å². The molecule has 3 aliphatic rings. The summed E-state index contributed by atoms with van der Waals surface area (Å²) in [5.41, 5.74) is 1.71. The molecule has 0 aliphatic carbocycles. The highest BCUT2D eigenvalue weighted by Crippen LogP contribution is 2.29. The second kappa shape index (κ2) is 7.17. The van der Waals surface area contributed by atoms with Gasteiger partial charge in [0.05, 0.1) is 0 Å². The average Bonchev–Trinajstić information content (AvgIpc) is 3.24. The van der Waals surface area contributed by atoms with Crippen LogP contribution in [-0.2, 0) is 15.9 Å². The van der Waals surface area contributed by atoms with Crippen LogP contribution >= 0.6 is 0 Å². The Hall–Kier alpha value is -3.71. The highest BCUT2D eigenvalue weighted by molar-refractivity contribution is 7.86. The summed E-state index contributed by atoms with van der Waals surface area (Å²) in [6.45, 7) is 0.886. The molecule has 3 aromatic rings. The zero-order valence-corrected chi connectivity index (χ0v) is 17.8. The lowest BCUT2D eigenvalue weighted by molar-refractivity contribution is 0.174. The minimum absolute atomic E-state index is 0.184. The lowest BCUT2D eigenvalue weighted by Gasteiger charge is -2.26. The predicted octanol–water partition coefficient (Wildman–Crippen LogP) is 0.761. The van der Waals surface area contributed by atoms with E-state index in [1.54, 1.807) is 18.2 Å². The number of rotatable bonds is 4. The van der Waals surface area contributed by atoms with Crippen molar-refractivity contribution in [3.63, 3.8) is 0 Å². The van der Waals surface area contributed by atoms with Gasteiger partial charge in [0.2, 0.25) is 6.79 Å². The molecule has 7 heteroatoms. The molecule has 0 N–H and O–H groups in total. The first-order valence-corrected chi connectivity index (χ1v) is 11.8. The fourth-order valence-corrected chi connectivity index (χ4v) is 5.31. The lowest BCUT2D eigenvalue weighted by Crippen LogP contribution is -2.43. The van der Waals surface area contributed by atoms with E-state index in [1.165, 1.54) is 0 Å². The summed E-state index contributed by atoms with van der Waals surface area (Å²) in [5.74, 6) is 1.63. The Morgan fingerprint density at radius 3 is 2.59 bits per heavy atom. The molecule has 0 radical (unpaired) electrons. The van der Waals surface area contributed by atoms with Crippen molar-refractivity contribution in [2.24, 2.45) is 0 Å². The molecule has 3 heterocycles. The van der Waals surface area contributed by atoms with Crippen molar-refractivity contribution in [2.75, 3.05) is 13.3 Å². The molecule has 0 spiro atoms. The Morgan fingerprint density at radius 2 is 1.75 bits per heavy atom. The topological polar surface area (TPSA) is 65.1 Å². The molecule has 6 nitrogen and oxygen atoms in total. The summed E-state index contributed by atoms with van der Waals surface area (Å²) in [5, 5.41) is 3.77. The Bertz CT molecular complexity index is 1590. The zero-order chi connectivity index (χ0) is 21.7. The van der Waals surface area contributed by atoms with Gasteiger partial charge in [-0.2, -0.15) is 8.42 Å². The van der Waals surface area contributed by atoms with Crippen molar-refractivity contribution >= 4 is 34.2 Å². The van der Waals surface area contributed by atoms with Gasteiger partial charge in [0.1, 0.15) is 5.75 Å². The van der Waals surface area contributed by atoms with Gasteiger partial charge in [0.25, 0.3) is 0 Å². The maximum Gasteiger partial charge on any atom is 0.313 e. The van der Waals surface area contributed by atoms with Crippen LogP contribution in [-0.4, -0.2) is 26.7 Å². The molecule has 0 atom stereocenters. The first kappa shape index (κ1) is 19.0. The first-order valence-electron chi connectivity index (χ1n) is 10.3. The van der Waals surface area contributed by atoms with Gasteiger partial charge in [0, 0.05) is 28.9 Å².